The van der Waals surface area contributed by atoms with Gasteiger partial charge >= 0.3 is 0 Å². The molecule has 1 N–H and O–H groups in total. The number of pyridine rings is 1. The first-order chi connectivity index (χ1) is 14.4. The summed E-state index contributed by atoms with van der Waals surface area (Å²) in [7, 11) is 0. The summed E-state index contributed by atoms with van der Waals surface area (Å²) in [5, 5.41) is 3.06. The molecule has 3 aromatic carbocycles. The summed E-state index contributed by atoms with van der Waals surface area (Å²) in [4.78, 5) is 29.3. The molecular formula is C23H13F3N2O2. The topological polar surface area (TPSA) is 59.1 Å². The van der Waals surface area contributed by atoms with Crippen LogP contribution >= 0.6 is 0 Å². The summed E-state index contributed by atoms with van der Waals surface area (Å²) in [6.45, 7) is 0. The van der Waals surface area contributed by atoms with E-state index in [2.05, 4.69) is 10.3 Å². The molecule has 0 fully saturated rings. The summed E-state index contributed by atoms with van der Waals surface area (Å²) < 4.78 is 41.5. The van der Waals surface area contributed by atoms with Gasteiger partial charge in [-0.15, -0.1) is 0 Å². The quantitative estimate of drug-likeness (QED) is 0.478. The number of nitrogens with one attached hydrogen (secondary N) is 1. The molecule has 4 nitrogen and oxygen atoms in total. The second-order valence-electron chi connectivity index (χ2n) is 6.52. The minimum Gasteiger partial charge on any atom is -0.322 e. The number of amides is 1. The van der Waals surface area contributed by atoms with Gasteiger partial charge in [-0.05, 0) is 54.6 Å². The highest BCUT2D eigenvalue weighted by Gasteiger charge is 2.20. The number of fused-ring (bicyclic) bond motifs is 1. The third-order valence-corrected chi connectivity index (χ3v) is 4.50. The van der Waals surface area contributed by atoms with Crippen LogP contribution in [0.4, 0.5) is 18.9 Å². The standard InChI is InChI=1S/C23H13F3N2O2/c24-16-6-3-13(4-7-16)23(30)28-17-11-18(21(26)19(25)12-17)22(29)15-5-8-20-14(10-15)2-1-9-27-20/h1-12H,(H,28,30). The summed E-state index contributed by atoms with van der Waals surface area (Å²) in [5.74, 6) is -4.51. The van der Waals surface area contributed by atoms with Crippen LogP contribution in [0.1, 0.15) is 26.3 Å². The highest BCUT2D eigenvalue weighted by Crippen LogP contribution is 2.24. The number of carbonyl (C=O) groups is 2. The van der Waals surface area contributed by atoms with E-state index in [0.29, 0.717) is 10.9 Å². The third kappa shape index (κ3) is 3.77. The molecule has 0 aliphatic rings. The van der Waals surface area contributed by atoms with E-state index in [9.17, 15) is 22.8 Å². The Labute approximate surface area is 169 Å². The van der Waals surface area contributed by atoms with Gasteiger partial charge in [-0.25, -0.2) is 13.2 Å². The van der Waals surface area contributed by atoms with Gasteiger partial charge in [0.2, 0.25) is 0 Å². The Bertz CT molecular complexity index is 1290. The van der Waals surface area contributed by atoms with Crippen molar-refractivity contribution in [3.8, 4) is 0 Å². The minimum atomic E-state index is -1.31. The monoisotopic (exact) mass is 406 g/mol. The van der Waals surface area contributed by atoms with E-state index in [1.54, 1.807) is 24.4 Å². The maximum absolute atomic E-state index is 14.4. The molecule has 1 amide bonds. The van der Waals surface area contributed by atoms with Gasteiger partial charge in [-0.2, -0.15) is 0 Å². The fraction of sp³-hybridized carbons (Fsp3) is 0. The van der Waals surface area contributed by atoms with Crippen molar-refractivity contribution in [1.82, 2.24) is 4.98 Å². The van der Waals surface area contributed by atoms with Crippen LogP contribution in [0.2, 0.25) is 0 Å². The van der Waals surface area contributed by atoms with Crippen LogP contribution in [-0.4, -0.2) is 16.7 Å². The Morgan fingerprint density at radius 2 is 1.57 bits per heavy atom. The number of anilines is 1. The van der Waals surface area contributed by atoms with Crippen LogP contribution in [0.3, 0.4) is 0 Å². The van der Waals surface area contributed by atoms with E-state index in [-0.39, 0.29) is 16.8 Å². The SMILES string of the molecule is O=C(Nc1cc(F)c(F)c(C(=O)c2ccc3ncccc3c2)c1)c1ccc(F)cc1. The zero-order chi connectivity index (χ0) is 21.3. The molecule has 0 unspecified atom stereocenters. The number of nitrogens with zero attached hydrogens (tertiary/aromatic N) is 1. The molecule has 0 bridgehead atoms. The molecule has 148 valence electrons. The predicted octanol–water partition coefficient (Wildman–Crippen LogP) is 5.14. The highest BCUT2D eigenvalue weighted by molar-refractivity contribution is 6.12. The molecular weight excluding hydrogens is 393 g/mol. The number of halogens is 3. The zero-order valence-corrected chi connectivity index (χ0v) is 15.3. The van der Waals surface area contributed by atoms with Gasteiger partial charge in [0.1, 0.15) is 5.82 Å². The van der Waals surface area contributed by atoms with Gasteiger partial charge in [-0.1, -0.05) is 6.07 Å². The fourth-order valence-electron chi connectivity index (χ4n) is 3.00. The number of hydrogen-bond donors (Lipinski definition) is 1. The summed E-state index contributed by atoms with van der Waals surface area (Å²) >= 11 is 0. The number of ketones is 1. The van der Waals surface area contributed by atoms with E-state index in [1.165, 1.54) is 24.3 Å². The van der Waals surface area contributed by atoms with Crippen LogP contribution in [0.25, 0.3) is 10.9 Å². The normalized spacial score (nSPS) is 10.8. The van der Waals surface area contributed by atoms with Crippen LogP contribution in [0.15, 0.2) is 72.9 Å². The number of hydrogen-bond acceptors (Lipinski definition) is 3. The lowest BCUT2D eigenvalue weighted by molar-refractivity contribution is 0.101. The van der Waals surface area contributed by atoms with E-state index >= 15 is 0 Å². The van der Waals surface area contributed by atoms with Gasteiger partial charge in [0.05, 0.1) is 11.1 Å². The van der Waals surface area contributed by atoms with Crippen molar-refractivity contribution in [2.45, 2.75) is 0 Å². The summed E-state index contributed by atoms with van der Waals surface area (Å²) in [6, 6.07) is 14.6. The Kier molecular flexibility index (Phi) is 5.02. The smallest absolute Gasteiger partial charge is 0.255 e. The summed E-state index contributed by atoms with van der Waals surface area (Å²) in [6.07, 6.45) is 1.60. The largest absolute Gasteiger partial charge is 0.322 e. The average Bonchev–Trinajstić information content (AvgIpc) is 2.75. The van der Waals surface area contributed by atoms with Crippen molar-refractivity contribution < 1.29 is 22.8 Å². The maximum Gasteiger partial charge on any atom is 0.255 e. The molecule has 4 aromatic rings. The van der Waals surface area contributed by atoms with Crippen molar-refractivity contribution in [2.75, 3.05) is 5.32 Å². The van der Waals surface area contributed by atoms with Gasteiger partial charge in [0.25, 0.3) is 5.91 Å². The molecule has 1 heterocycles. The molecule has 0 aliphatic carbocycles. The molecule has 4 rings (SSSR count). The average molecular weight is 406 g/mol. The number of benzene rings is 3. The molecule has 1 aromatic heterocycles. The zero-order valence-electron chi connectivity index (χ0n) is 15.3. The number of rotatable bonds is 4. The highest BCUT2D eigenvalue weighted by atomic mass is 19.2. The van der Waals surface area contributed by atoms with Crippen LogP contribution < -0.4 is 5.32 Å². The fourth-order valence-corrected chi connectivity index (χ4v) is 3.00. The molecule has 0 saturated carbocycles. The molecule has 0 saturated heterocycles. The van der Waals surface area contributed by atoms with Gasteiger partial charge in [0.15, 0.2) is 17.4 Å². The van der Waals surface area contributed by atoms with Crippen molar-refractivity contribution in [1.29, 1.82) is 0 Å². The molecule has 7 heteroatoms. The summed E-state index contributed by atoms with van der Waals surface area (Å²) in [5.41, 5.74) is 0.301. The Morgan fingerprint density at radius 3 is 2.33 bits per heavy atom. The van der Waals surface area contributed by atoms with Gasteiger partial charge < -0.3 is 5.32 Å². The second kappa shape index (κ2) is 7.79. The molecule has 0 radical (unpaired) electrons. The molecule has 0 aliphatic heterocycles. The number of carbonyl (C=O) groups excluding carboxylic acids is 2. The van der Waals surface area contributed by atoms with Crippen molar-refractivity contribution >= 4 is 28.3 Å². The Balaban J connectivity index is 1.67. The minimum absolute atomic E-state index is 0.103. The lowest BCUT2D eigenvalue weighted by atomic mass is 10.00. The van der Waals surface area contributed by atoms with E-state index in [4.69, 9.17) is 0 Å². The molecule has 0 atom stereocenters. The molecule has 0 spiro atoms. The first kappa shape index (κ1) is 19.3. The van der Waals surface area contributed by atoms with Gasteiger partial charge in [-0.3, -0.25) is 14.6 Å². The number of aromatic nitrogens is 1. The van der Waals surface area contributed by atoms with Crippen molar-refractivity contribution in [3.05, 3.63) is 107 Å². The lowest BCUT2D eigenvalue weighted by Gasteiger charge is -2.10. The lowest BCUT2D eigenvalue weighted by Crippen LogP contribution is -2.14. The van der Waals surface area contributed by atoms with E-state index in [1.807, 2.05) is 0 Å². The first-order valence-electron chi connectivity index (χ1n) is 8.88. The van der Waals surface area contributed by atoms with Crippen LogP contribution in [-0.2, 0) is 0 Å². The molecule has 30 heavy (non-hydrogen) atoms. The van der Waals surface area contributed by atoms with Crippen LogP contribution in [0.5, 0.6) is 0 Å². The maximum atomic E-state index is 14.4. The van der Waals surface area contributed by atoms with E-state index < -0.39 is 34.7 Å². The van der Waals surface area contributed by atoms with Crippen molar-refractivity contribution in [2.24, 2.45) is 0 Å². The van der Waals surface area contributed by atoms with Crippen molar-refractivity contribution in [3.63, 3.8) is 0 Å². The van der Waals surface area contributed by atoms with E-state index in [0.717, 1.165) is 24.3 Å². The Morgan fingerprint density at radius 1 is 0.833 bits per heavy atom. The van der Waals surface area contributed by atoms with Crippen LogP contribution in [0, 0.1) is 17.5 Å². The first-order valence-corrected chi connectivity index (χ1v) is 8.88. The second-order valence-corrected chi connectivity index (χ2v) is 6.52. The van der Waals surface area contributed by atoms with Gasteiger partial charge in [0, 0.05) is 34.5 Å². The third-order valence-electron chi connectivity index (χ3n) is 4.50. The Hall–Kier alpha value is -4.00. The predicted molar refractivity (Wildman–Crippen MR) is 106 cm³/mol.